The number of benzene rings is 13. The third-order valence-electron chi connectivity index (χ3n) is 16.5. The number of para-hydroxylation sites is 1. The predicted molar refractivity (Wildman–Crippen MR) is 332 cm³/mol. The minimum Gasteiger partial charge on any atom is -0.310 e. The van der Waals surface area contributed by atoms with Crippen LogP contribution >= 0.6 is 0 Å². The average molecular weight is 1010 g/mol. The highest BCUT2D eigenvalue weighted by atomic mass is 15.1. The van der Waals surface area contributed by atoms with Gasteiger partial charge in [-0.15, -0.1) is 0 Å². The van der Waals surface area contributed by atoms with E-state index >= 15 is 0 Å². The van der Waals surface area contributed by atoms with Crippen LogP contribution in [0.15, 0.2) is 315 Å². The average Bonchev–Trinajstić information content (AvgIpc) is 3.24. The quantitative estimate of drug-likeness (QED) is 0.133. The maximum absolute atomic E-state index is 2.47. The van der Waals surface area contributed by atoms with Crippen molar-refractivity contribution in [2.75, 3.05) is 4.90 Å². The van der Waals surface area contributed by atoms with Gasteiger partial charge in [0, 0.05) is 33.5 Å². The lowest BCUT2D eigenvalue weighted by Gasteiger charge is -2.35. The van der Waals surface area contributed by atoms with Crippen LogP contribution in [0, 0.1) is 0 Å². The normalized spacial score (nSPS) is 12.4. The van der Waals surface area contributed by atoms with Gasteiger partial charge >= 0.3 is 0 Å². The first-order valence-electron chi connectivity index (χ1n) is 27.3. The van der Waals surface area contributed by atoms with E-state index in [4.69, 9.17) is 0 Å². The summed E-state index contributed by atoms with van der Waals surface area (Å²) < 4.78 is 2.40. The molecule has 0 spiro atoms. The fourth-order valence-corrected chi connectivity index (χ4v) is 12.9. The fourth-order valence-electron chi connectivity index (χ4n) is 12.9. The Morgan fingerprint density at radius 2 is 0.747 bits per heavy atom. The van der Waals surface area contributed by atoms with Crippen LogP contribution in [0.3, 0.4) is 0 Å². The molecule has 13 aromatic carbocycles. The number of hydrogen-bond acceptors (Lipinski definition) is 1. The van der Waals surface area contributed by atoms with E-state index in [2.05, 4.69) is 325 Å². The van der Waals surface area contributed by atoms with E-state index in [1.165, 1.54) is 99.3 Å². The first-order chi connectivity index (χ1) is 39.2. The van der Waals surface area contributed by atoms with Crippen LogP contribution < -0.4 is 4.90 Å². The molecule has 0 saturated carbocycles. The van der Waals surface area contributed by atoms with Gasteiger partial charge in [-0.25, -0.2) is 0 Å². The molecule has 1 aliphatic rings. The summed E-state index contributed by atoms with van der Waals surface area (Å²) in [5.74, 6) is 0. The molecule has 0 N–H and O–H groups in total. The molecule has 0 amide bonds. The second kappa shape index (κ2) is 19.1. The molecule has 370 valence electrons. The molecule has 0 bridgehead atoms. The molecule has 1 aromatic heterocycles. The predicted octanol–water partition coefficient (Wildman–Crippen LogP) is 20.4. The van der Waals surface area contributed by atoms with Crippen LogP contribution in [0.1, 0.15) is 22.3 Å². The third-order valence-corrected chi connectivity index (χ3v) is 16.5. The van der Waals surface area contributed by atoms with Gasteiger partial charge in [0.1, 0.15) is 0 Å². The molecule has 14 aromatic rings. The summed E-state index contributed by atoms with van der Waals surface area (Å²) in [6.07, 6.45) is 0. The number of rotatable bonds is 10. The van der Waals surface area contributed by atoms with Gasteiger partial charge < -0.3 is 9.47 Å². The zero-order valence-electron chi connectivity index (χ0n) is 43.4. The zero-order valence-corrected chi connectivity index (χ0v) is 43.4. The Labute approximate surface area is 461 Å². The number of nitrogens with zero attached hydrogens (tertiary/aromatic N) is 2. The highest BCUT2D eigenvalue weighted by Gasteiger charge is 2.46. The van der Waals surface area contributed by atoms with Crippen molar-refractivity contribution in [1.82, 2.24) is 4.57 Å². The second-order valence-electron chi connectivity index (χ2n) is 20.8. The van der Waals surface area contributed by atoms with Gasteiger partial charge in [-0.05, 0) is 161 Å². The van der Waals surface area contributed by atoms with Gasteiger partial charge in [0.05, 0.1) is 16.4 Å². The molecule has 1 aliphatic carbocycles. The van der Waals surface area contributed by atoms with Crippen LogP contribution in [0.25, 0.3) is 93.9 Å². The van der Waals surface area contributed by atoms with Gasteiger partial charge in [0.25, 0.3) is 0 Å². The van der Waals surface area contributed by atoms with Crippen molar-refractivity contribution in [3.8, 4) is 61.3 Å². The number of fused-ring (bicyclic) bond motifs is 7. The van der Waals surface area contributed by atoms with E-state index < -0.39 is 5.41 Å². The van der Waals surface area contributed by atoms with Crippen LogP contribution in [-0.4, -0.2) is 4.57 Å². The molecular weight excluding hydrogens is 953 g/mol. The maximum Gasteiger partial charge on any atom is 0.0714 e. The Kier molecular flexibility index (Phi) is 11.1. The molecule has 0 radical (unpaired) electrons. The minimum absolute atomic E-state index is 0.539. The molecule has 0 unspecified atom stereocenters. The van der Waals surface area contributed by atoms with E-state index in [9.17, 15) is 0 Å². The Hall–Kier alpha value is -10.3. The summed E-state index contributed by atoms with van der Waals surface area (Å²) in [6, 6.07) is 116. The summed E-state index contributed by atoms with van der Waals surface area (Å²) in [5.41, 5.74) is 23.3. The van der Waals surface area contributed by atoms with Crippen LogP contribution in [0.4, 0.5) is 17.1 Å². The number of aromatic nitrogens is 1. The highest BCUT2D eigenvalue weighted by Crippen LogP contribution is 2.57. The lowest BCUT2D eigenvalue weighted by Crippen LogP contribution is -2.28. The second-order valence-corrected chi connectivity index (χ2v) is 20.8. The molecule has 2 heteroatoms. The lowest BCUT2D eigenvalue weighted by molar-refractivity contribution is 0.768. The van der Waals surface area contributed by atoms with Crippen molar-refractivity contribution < 1.29 is 0 Å². The minimum atomic E-state index is -0.539. The summed E-state index contributed by atoms with van der Waals surface area (Å²) in [4.78, 5) is 2.45. The van der Waals surface area contributed by atoms with Gasteiger partial charge in [-0.3, -0.25) is 0 Å². The van der Waals surface area contributed by atoms with Crippen molar-refractivity contribution in [2.24, 2.45) is 0 Å². The number of anilines is 3. The van der Waals surface area contributed by atoms with Gasteiger partial charge in [0.2, 0.25) is 0 Å². The fraction of sp³-hybridized carbons (Fsp3) is 0.0130. The summed E-state index contributed by atoms with van der Waals surface area (Å²) in [7, 11) is 0. The topological polar surface area (TPSA) is 8.17 Å². The summed E-state index contributed by atoms with van der Waals surface area (Å²) in [6.45, 7) is 0. The molecule has 79 heavy (non-hydrogen) atoms. The SMILES string of the molecule is c1ccc(-c2ccc(-n3c4ccccc4c4cc(-c5cccc(-c6cccc(N(c7ccc(-c8cccc9ccccc89)cc7)c7ccc8c(c7)C(c7ccccc7)(c7ccccc7)c7ccccc7-8)c6)c5)ccc43)cc2)cc1. The Balaban J connectivity index is 0.852. The van der Waals surface area contributed by atoms with E-state index in [1.807, 2.05) is 0 Å². The smallest absolute Gasteiger partial charge is 0.0714 e. The van der Waals surface area contributed by atoms with E-state index in [1.54, 1.807) is 0 Å². The molecular formula is C77H52N2. The van der Waals surface area contributed by atoms with Crippen molar-refractivity contribution in [3.05, 3.63) is 338 Å². The van der Waals surface area contributed by atoms with Crippen LogP contribution in [0.2, 0.25) is 0 Å². The summed E-state index contributed by atoms with van der Waals surface area (Å²) in [5, 5.41) is 4.95. The summed E-state index contributed by atoms with van der Waals surface area (Å²) >= 11 is 0. The van der Waals surface area contributed by atoms with Crippen molar-refractivity contribution in [2.45, 2.75) is 5.41 Å². The third kappa shape index (κ3) is 7.71. The van der Waals surface area contributed by atoms with Gasteiger partial charge in [-0.2, -0.15) is 0 Å². The molecule has 0 saturated heterocycles. The van der Waals surface area contributed by atoms with Gasteiger partial charge in [0.15, 0.2) is 0 Å². The van der Waals surface area contributed by atoms with E-state index in [0.29, 0.717) is 0 Å². The maximum atomic E-state index is 2.47. The standard InChI is InChI=1S/C77H52N2/c1-4-19-53(20-5-1)54-37-42-64(43-38-54)79-75-36-15-13-33-71(75)72-51-60(41-48-76(72)79)58-24-16-23-57(49-58)59-25-17-30-65(50-59)78(63-44-39-56(40-45-63)68-34-18-22-55-21-10-11-31-67(55)68)66-46-47-70-69-32-12-14-35-73(69)77(74(70)52-66,61-26-6-2-7-27-61)62-28-8-3-9-29-62/h1-52H. The Morgan fingerprint density at radius 3 is 1.51 bits per heavy atom. The largest absolute Gasteiger partial charge is 0.310 e. The Bertz CT molecular complexity index is 4530. The van der Waals surface area contributed by atoms with Crippen LogP contribution in [0.5, 0.6) is 0 Å². The van der Waals surface area contributed by atoms with Gasteiger partial charge in [-0.1, -0.05) is 243 Å². The molecule has 15 rings (SSSR count). The van der Waals surface area contributed by atoms with Crippen molar-refractivity contribution in [1.29, 1.82) is 0 Å². The zero-order chi connectivity index (χ0) is 52.3. The van der Waals surface area contributed by atoms with E-state index in [-0.39, 0.29) is 0 Å². The van der Waals surface area contributed by atoms with Crippen LogP contribution in [-0.2, 0) is 5.41 Å². The molecule has 2 nitrogen and oxygen atoms in total. The van der Waals surface area contributed by atoms with Crippen molar-refractivity contribution >= 4 is 49.6 Å². The first kappa shape index (κ1) is 46.1. The lowest BCUT2D eigenvalue weighted by atomic mass is 9.67. The Morgan fingerprint density at radius 1 is 0.253 bits per heavy atom. The molecule has 0 aliphatic heterocycles. The molecule has 0 atom stereocenters. The molecule has 1 heterocycles. The molecule has 0 fully saturated rings. The monoisotopic (exact) mass is 1000 g/mol. The van der Waals surface area contributed by atoms with Crippen molar-refractivity contribution in [3.63, 3.8) is 0 Å². The van der Waals surface area contributed by atoms with E-state index in [0.717, 1.165) is 33.9 Å². The highest BCUT2D eigenvalue weighted by molar-refractivity contribution is 6.10. The number of hydrogen-bond donors (Lipinski definition) is 0. The first-order valence-corrected chi connectivity index (χ1v) is 27.3.